The third-order valence-corrected chi connectivity index (χ3v) is 4.04. The van der Waals surface area contributed by atoms with Gasteiger partial charge in [0.2, 0.25) is 0 Å². The first-order valence-electron chi connectivity index (χ1n) is 6.64. The van der Waals surface area contributed by atoms with Crippen LogP contribution in [-0.4, -0.2) is 24.6 Å². The second-order valence-electron chi connectivity index (χ2n) is 4.59. The van der Waals surface area contributed by atoms with Gasteiger partial charge in [-0.25, -0.2) is 4.98 Å². The molecule has 21 heavy (non-hydrogen) atoms. The third-order valence-electron chi connectivity index (χ3n) is 2.81. The van der Waals surface area contributed by atoms with E-state index in [0.717, 1.165) is 21.4 Å². The molecule has 4 nitrogen and oxygen atoms in total. The molecule has 1 aromatic carbocycles. The number of esters is 1. The fourth-order valence-corrected chi connectivity index (χ4v) is 2.89. The van der Waals surface area contributed by atoms with Crippen LogP contribution < -0.4 is 4.90 Å². The highest BCUT2D eigenvalue weighted by atomic mass is 35.5. The van der Waals surface area contributed by atoms with Gasteiger partial charge in [-0.05, 0) is 24.6 Å². The van der Waals surface area contributed by atoms with Gasteiger partial charge in [0.1, 0.15) is 0 Å². The van der Waals surface area contributed by atoms with Crippen molar-refractivity contribution in [3.05, 3.63) is 45.9 Å². The number of halogens is 1. The fraction of sp³-hybridized carbons (Fsp3) is 0.333. The highest BCUT2D eigenvalue weighted by Crippen LogP contribution is 2.22. The zero-order chi connectivity index (χ0) is 15.2. The summed E-state index contributed by atoms with van der Waals surface area (Å²) in [5, 5.41) is 3.48. The maximum Gasteiger partial charge on any atom is 0.311 e. The van der Waals surface area contributed by atoms with Gasteiger partial charge >= 0.3 is 5.97 Å². The van der Waals surface area contributed by atoms with Crippen molar-refractivity contribution in [2.45, 2.75) is 19.9 Å². The minimum atomic E-state index is -0.244. The summed E-state index contributed by atoms with van der Waals surface area (Å²) in [6, 6.07) is 7.74. The minimum Gasteiger partial charge on any atom is -0.466 e. The Kier molecular flexibility index (Phi) is 5.59. The van der Waals surface area contributed by atoms with Gasteiger partial charge in [0.05, 0.1) is 18.7 Å². The van der Waals surface area contributed by atoms with E-state index in [1.165, 1.54) is 11.3 Å². The minimum absolute atomic E-state index is 0.218. The van der Waals surface area contributed by atoms with E-state index < -0.39 is 0 Å². The highest BCUT2D eigenvalue weighted by molar-refractivity contribution is 7.13. The topological polar surface area (TPSA) is 42.4 Å². The number of hydrogen-bond acceptors (Lipinski definition) is 5. The lowest BCUT2D eigenvalue weighted by Gasteiger charge is -2.15. The molecule has 0 unspecified atom stereocenters. The largest absolute Gasteiger partial charge is 0.466 e. The normalized spacial score (nSPS) is 10.4. The van der Waals surface area contributed by atoms with Gasteiger partial charge in [-0.3, -0.25) is 4.79 Å². The molecule has 2 rings (SSSR count). The molecule has 2 aromatic rings. The lowest BCUT2D eigenvalue weighted by atomic mass is 10.2. The van der Waals surface area contributed by atoms with Crippen LogP contribution in [0.5, 0.6) is 0 Å². The molecule has 0 N–H and O–H groups in total. The smallest absolute Gasteiger partial charge is 0.311 e. The summed E-state index contributed by atoms with van der Waals surface area (Å²) in [6.07, 6.45) is 0.218. The van der Waals surface area contributed by atoms with Crippen molar-refractivity contribution in [2.75, 3.05) is 18.6 Å². The van der Waals surface area contributed by atoms with E-state index in [-0.39, 0.29) is 12.4 Å². The van der Waals surface area contributed by atoms with Crippen LogP contribution in [0.1, 0.15) is 18.2 Å². The Morgan fingerprint density at radius 2 is 2.29 bits per heavy atom. The van der Waals surface area contributed by atoms with Crippen LogP contribution in [0.15, 0.2) is 29.6 Å². The number of thiazole rings is 1. The molecule has 0 aliphatic rings. The average molecular weight is 325 g/mol. The second kappa shape index (κ2) is 7.43. The molecule has 0 bridgehead atoms. The first-order chi connectivity index (χ1) is 10.1. The Bertz CT molecular complexity index is 615. The third kappa shape index (κ3) is 4.72. The number of benzene rings is 1. The van der Waals surface area contributed by atoms with E-state index in [9.17, 15) is 4.79 Å². The van der Waals surface area contributed by atoms with E-state index in [1.54, 1.807) is 6.92 Å². The number of carbonyl (C=O) groups excluding carboxylic acids is 1. The summed E-state index contributed by atoms with van der Waals surface area (Å²) in [5.74, 6) is -0.244. The van der Waals surface area contributed by atoms with Crippen LogP contribution in [0.2, 0.25) is 5.02 Å². The van der Waals surface area contributed by atoms with Gasteiger partial charge < -0.3 is 9.64 Å². The monoisotopic (exact) mass is 324 g/mol. The zero-order valence-corrected chi connectivity index (χ0v) is 13.6. The lowest BCUT2D eigenvalue weighted by molar-refractivity contribution is -0.142. The van der Waals surface area contributed by atoms with Gasteiger partial charge in [-0.1, -0.05) is 23.7 Å². The number of nitrogens with zero attached hydrogens (tertiary/aromatic N) is 2. The maximum absolute atomic E-state index is 11.4. The van der Waals surface area contributed by atoms with Crippen LogP contribution in [0, 0.1) is 0 Å². The Balaban J connectivity index is 1.98. The van der Waals surface area contributed by atoms with Crippen molar-refractivity contribution in [1.29, 1.82) is 0 Å². The van der Waals surface area contributed by atoms with E-state index in [4.69, 9.17) is 16.3 Å². The van der Waals surface area contributed by atoms with Crippen LogP contribution in [0.3, 0.4) is 0 Å². The molecule has 1 heterocycles. The average Bonchev–Trinajstić information content (AvgIpc) is 2.87. The summed E-state index contributed by atoms with van der Waals surface area (Å²) in [7, 11) is 1.97. The molecule has 0 aliphatic heterocycles. The molecule has 1 aromatic heterocycles. The van der Waals surface area contributed by atoms with Crippen LogP contribution in [-0.2, 0) is 22.5 Å². The van der Waals surface area contributed by atoms with Gasteiger partial charge in [0.25, 0.3) is 0 Å². The van der Waals surface area contributed by atoms with Gasteiger partial charge in [0, 0.05) is 24.0 Å². The van der Waals surface area contributed by atoms with Gasteiger partial charge in [-0.2, -0.15) is 0 Å². The Labute approximate surface area is 133 Å². The molecule has 0 atom stereocenters. The van der Waals surface area contributed by atoms with Gasteiger partial charge in [0.15, 0.2) is 5.13 Å². The Morgan fingerprint density at radius 3 is 3.00 bits per heavy atom. The first-order valence-corrected chi connectivity index (χ1v) is 7.90. The van der Waals surface area contributed by atoms with Gasteiger partial charge in [-0.15, -0.1) is 11.3 Å². The molecular weight excluding hydrogens is 308 g/mol. The van der Waals surface area contributed by atoms with Crippen LogP contribution in [0.25, 0.3) is 0 Å². The summed E-state index contributed by atoms with van der Waals surface area (Å²) < 4.78 is 4.92. The molecule has 0 fully saturated rings. The number of hydrogen-bond donors (Lipinski definition) is 0. The number of aromatic nitrogens is 1. The fourth-order valence-electron chi connectivity index (χ4n) is 1.89. The van der Waals surface area contributed by atoms with E-state index in [0.29, 0.717) is 13.2 Å². The summed E-state index contributed by atoms with van der Waals surface area (Å²) in [5.41, 5.74) is 1.86. The predicted molar refractivity (Wildman–Crippen MR) is 86.0 cm³/mol. The number of ether oxygens (including phenoxy) is 1. The van der Waals surface area contributed by atoms with Crippen molar-refractivity contribution in [2.24, 2.45) is 0 Å². The summed E-state index contributed by atoms with van der Waals surface area (Å²) in [6.45, 7) is 2.90. The SMILES string of the molecule is CCOC(=O)Cc1csc(N(C)Cc2cccc(Cl)c2)n1. The molecular formula is C15H17ClN2O2S. The molecule has 0 spiro atoms. The Morgan fingerprint density at radius 1 is 1.48 bits per heavy atom. The highest BCUT2D eigenvalue weighted by Gasteiger charge is 2.11. The predicted octanol–water partition coefficient (Wildman–Crippen LogP) is 3.54. The Hall–Kier alpha value is -1.59. The lowest BCUT2D eigenvalue weighted by Crippen LogP contribution is -2.16. The molecule has 6 heteroatoms. The molecule has 0 aliphatic carbocycles. The van der Waals surface area contributed by atoms with E-state index in [2.05, 4.69) is 4.98 Å². The van der Waals surface area contributed by atoms with Crippen molar-refractivity contribution < 1.29 is 9.53 Å². The quantitative estimate of drug-likeness (QED) is 0.762. The van der Waals surface area contributed by atoms with E-state index in [1.807, 2.05) is 41.6 Å². The molecule has 0 saturated carbocycles. The number of rotatable bonds is 6. The maximum atomic E-state index is 11.4. The number of anilines is 1. The summed E-state index contributed by atoms with van der Waals surface area (Å²) in [4.78, 5) is 17.9. The van der Waals surface area contributed by atoms with Crippen molar-refractivity contribution >= 4 is 34.0 Å². The van der Waals surface area contributed by atoms with Crippen molar-refractivity contribution in [3.8, 4) is 0 Å². The number of carbonyl (C=O) groups is 1. The van der Waals surface area contributed by atoms with Crippen molar-refractivity contribution in [3.63, 3.8) is 0 Å². The van der Waals surface area contributed by atoms with Crippen LogP contribution >= 0.6 is 22.9 Å². The molecule has 0 radical (unpaired) electrons. The van der Waals surface area contributed by atoms with Crippen molar-refractivity contribution in [1.82, 2.24) is 4.98 Å². The van der Waals surface area contributed by atoms with Crippen LogP contribution in [0.4, 0.5) is 5.13 Å². The van der Waals surface area contributed by atoms with E-state index >= 15 is 0 Å². The summed E-state index contributed by atoms with van der Waals surface area (Å²) >= 11 is 7.50. The molecule has 112 valence electrons. The second-order valence-corrected chi connectivity index (χ2v) is 5.86. The molecule has 0 amide bonds. The molecule has 0 saturated heterocycles. The zero-order valence-electron chi connectivity index (χ0n) is 12.0. The standard InChI is InChI=1S/C15H17ClN2O2S/c1-3-20-14(19)8-13-10-21-15(17-13)18(2)9-11-5-4-6-12(16)7-11/h4-7,10H,3,8-9H2,1-2H3. The first kappa shape index (κ1) is 15.8.